The average Bonchev–Trinajstić information content (AvgIpc) is 2.19. The van der Waals surface area contributed by atoms with Gasteiger partial charge in [0.1, 0.15) is 0 Å². The van der Waals surface area contributed by atoms with E-state index in [1.54, 1.807) is 13.8 Å². The van der Waals surface area contributed by atoms with Crippen molar-refractivity contribution in [2.75, 3.05) is 0 Å². The number of aryl methyl sites for hydroxylation is 1. The predicted octanol–water partition coefficient (Wildman–Crippen LogP) is 3.72. The maximum atomic E-state index is 11.1. The van der Waals surface area contributed by atoms with Gasteiger partial charge in [-0.3, -0.25) is 4.79 Å². The Hall–Kier alpha value is -0.830. The van der Waals surface area contributed by atoms with E-state index in [9.17, 15) is 4.79 Å². The van der Waals surface area contributed by atoms with E-state index in [0.29, 0.717) is 6.42 Å². The van der Waals surface area contributed by atoms with Crippen molar-refractivity contribution in [3.8, 4) is 0 Å². The SMILES string of the molecule is Cc1ccc(CC(C)(C)C(=O)O)c(C)c1Br. The fraction of sp³-hybridized carbons (Fsp3) is 0.462. The van der Waals surface area contributed by atoms with Crippen LogP contribution >= 0.6 is 15.9 Å². The molecule has 0 saturated carbocycles. The number of carboxylic acids is 1. The molecule has 0 spiro atoms. The molecule has 1 aromatic carbocycles. The second-order valence-electron chi connectivity index (χ2n) is 4.85. The Morgan fingerprint density at radius 3 is 2.44 bits per heavy atom. The zero-order valence-electron chi connectivity index (χ0n) is 10.1. The quantitative estimate of drug-likeness (QED) is 0.919. The molecule has 0 bridgehead atoms. The largest absolute Gasteiger partial charge is 0.481 e. The van der Waals surface area contributed by atoms with Crippen molar-refractivity contribution in [3.63, 3.8) is 0 Å². The molecule has 88 valence electrons. The first-order valence-electron chi connectivity index (χ1n) is 5.23. The summed E-state index contributed by atoms with van der Waals surface area (Å²) in [4.78, 5) is 11.1. The summed E-state index contributed by atoms with van der Waals surface area (Å²) in [7, 11) is 0. The first kappa shape index (κ1) is 13.2. The van der Waals surface area contributed by atoms with Crippen LogP contribution in [0.25, 0.3) is 0 Å². The highest BCUT2D eigenvalue weighted by Crippen LogP contribution is 2.29. The van der Waals surface area contributed by atoms with Crippen LogP contribution in [-0.4, -0.2) is 11.1 Å². The van der Waals surface area contributed by atoms with Gasteiger partial charge in [0.2, 0.25) is 0 Å². The molecule has 1 rings (SSSR count). The summed E-state index contributed by atoms with van der Waals surface area (Å²) in [6.45, 7) is 7.55. The molecule has 0 unspecified atom stereocenters. The molecule has 0 heterocycles. The van der Waals surface area contributed by atoms with Gasteiger partial charge in [0.05, 0.1) is 5.41 Å². The summed E-state index contributed by atoms with van der Waals surface area (Å²) in [5, 5.41) is 9.11. The van der Waals surface area contributed by atoms with E-state index in [1.165, 1.54) is 5.56 Å². The summed E-state index contributed by atoms with van der Waals surface area (Å²) in [5.41, 5.74) is 2.67. The smallest absolute Gasteiger partial charge is 0.309 e. The van der Waals surface area contributed by atoms with Gasteiger partial charge in [-0.05, 0) is 50.8 Å². The third-order valence-corrected chi connectivity index (χ3v) is 4.12. The molecule has 1 aromatic rings. The maximum Gasteiger partial charge on any atom is 0.309 e. The van der Waals surface area contributed by atoms with Crippen LogP contribution in [0.2, 0.25) is 0 Å². The number of rotatable bonds is 3. The normalized spacial score (nSPS) is 11.6. The van der Waals surface area contributed by atoms with E-state index in [0.717, 1.165) is 15.6 Å². The van der Waals surface area contributed by atoms with E-state index in [1.807, 2.05) is 26.0 Å². The van der Waals surface area contributed by atoms with E-state index < -0.39 is 11.4 Å². The number of carbonyl (C=O) groups is 1. The number of hydrogen-bond donors (Lipinski definition) is 1. The van der Waals surface area contributed by atoms with Gasteiger partial charge in [-0.2, -0.15) is 0 Å². The van der Waals surface area contributed by atoms with Gasteiger partial charge in [0.25, 0.3) is 0 Å². The fourth-order valence-corrected chi connectivity index (χ4v) is 1.99. The van der Waals surface area contributed by atoms with Crippen molar-refractivity contribution in [2.24, 2.45) is 5.41 Å². The number of halogens is 1. The summed E-state index contributed by atoms with van der Waals surface area (Å²) in [5.74, 6) is -0.761. The number of hydrogen-bond acceptors (Lipinski definition) is 1. The third-order valence-electron chi connectivity index (χ3n) is 2.90. The molecular formula is C13H17BrO2. The Kier molecular flexibility index (Phi) is 3.79. The van der Waals surface area contributed by atoms with Crippen LogP contribution in [0.5, 0.6) is 0 Å². The molecule has 0 aliphatic rings. The summed E-state index contributed by atoms with van der Waals surface area (Å²) >= 11 is 3.53. The van der Waals surface area contributed by atoms with Gasteiger partial charge < -0.3 is 5.11 Å². The Morgan fingerprint density at radius 1 is 1.38 bits per heavy atom. The minimum atomic E-state index is -0.761. The average molecular weight is 285 g/mol. The molecule has 2 nitrogen and oxygen atoms in total. The fourth-order valence-electron chi connectivity index (χ4n) is 1.60. The van der Waals surface area contributed by atoms with Gasteiger partial charge in [-0.1, -0.05) is 28.1 Å². The van der Waals surface area contributed by atoms with Crippen molar-refractivity contribution in [1.29, 1.82) is 0 Å². The van der Waals surface area contributed by atoms with Gasteiger partial charge in [0, 0.05) is 4.47 Å². The molecule has 0 amide bonds. The van der Waals surface area contributed by atoms with Crippen molar-refractivity contribution in [1.82, 2.24) is 0 Å². The summed E-state index contributed by atoms with van der Waals surface area (Å²) in [6.07, 6.45) is 0.549. The van der Waals surface area contributed by atoms with Crippen molar-refractivity contribution < 1.29 is 9.90 Å². The highest BCUT2D eigenvalue weighted by atomic mass is 79.9. The Morgan fingerprint density at radius 2 is 1.94 bits per heavy atom. The Labute approximate surface area is 105 Å². The number of aliphatic carboxylic acids is 1. The van der Waals surface area contributed by atoms with Crippen molar-refractivity contribution in [3.05, 3.63) is 33.3 Å². The van der Waals surface area contributed by atoms with Crippen molar-refractivity contribution >= 4 is 21.9 Å². The zero-order chi connectivity index (χ0) is 12.5. The lowest BCUT2D eigenvalue weighted by Gasteiger charge is -2.21. The predicted molar refractivity (Wildman–Crippen MR) is 68.7 cm³/mol. The lowest BCUT2D eigenvalue weighted by molar-refractivity contribution is -0.146. The van der Waals surface area contributed by atoms with Crippen LogP contribution in [-0.2, 0) is 11.2 Å². The first-order valence-corrected chi connectivity index (χ1v) is 6.03. The number of carboxylic acid groups (broad SMARTS) is 1. The van der Waals surface area contributed by atoms with E-state index in [-0.39, 0.29) is 0 Å². The van der Waals surface area contributed by atoms with Crippen LogP contribution in [0.3, 0.4) is 0 Å². The van der Waals surface area contributed by atoms with Crippen molar-refractivity contribution in [2.45, 2.75) is 34.1 Å². The molecule has 0 fully saturated rings. The highest BCUT2D eigenvalue weighted by Gasteiger charge is 2.28. The molecule has 16 heavy (non-hydrogen) atoms. The van der Waals surface area contributed by atoms with Gasteiger partial charge in [0.15, 0.2) is 0 Å². The highest BCUT2D eigenvalue weighted by molar-refractivity contribution is 9.10. The van der Waals surface area contributed by atoms with Gasteiger partial charge in [-0.25, -0.2) is 0 Å². The molecule has 0 radical (unpaired) electrons. The molecule has 3 heteroatoms. The van der Waals surface area contributed by atoms with Gasteiger partial charge >= 0.3 is 5.97 Å². The summed E-state index contributed by atoms with van der Waals surface area (Å²) < 4.78 is 1.08. The Bertz CT molecular complexity index is 422. The lowest BCUT2D eigenvalue weighted by Crippen LogP contribution is -2.26. The Balaban J connectivity index is 3.08. The zero-order valence-corrected chi connectivity index (χ0v) is 11.7. The topological polar surface area (TPSA) is 37.3 Å². The maximum absolute atomic E-state index is 11.1. The minimum Gasteiger partial charge on any atom is -0.481 e. The molecule has 0 aliphatic heterocycles. The first-order chi connectivity index (χ1) is 7.25. The summed E-state index contributed by atoms with van der Waals surface area (Å²) in [6, 6.07) is 4.03. The lowest BCUT2D eigenvalue weighted by atomic mass is 9.84. The van der Waals surface area contributed by atoms with Crippen LogP contribution in [0.4, 0.5) is 0 Å². The second kappa shape index (κ2) is 4.58. The molecule has 1 N–H and O–H groups in total. The monoisotopic (exact) mass is 284 g/mol. The van der Waals surface area contributed by atoms with Crippen LogP contribution in [0, 0.1) is 19.3 Å². The minimum absolute atomic E-state index is 0.549. The standard InChI is InChI=1S/C13H17BrO2/c1-8-5-6-10(9(2)11(8)14)7-13(3,4)12(15)16/h5-6H,7H2,1-4H3,(H,15,16). The molecule has 0 aromatic heterocycles. The molecule has 0 saturated heterocycles. The molecular weight excluding hydrogens is 268 g/mol. The van der Waals surface area contributed by atoms with Crippen LogP contribution in [0.1, 0.15) is 30.5 Å². The van der Waals surface area contributed by atoms with Gasteiger partial charge in [-0.15, -0.1) is 0 Å². The number of benzene rings is 1. The van der Waals surface area contributed by atoms with Crippen LogP contribution < -0.4 is 0 Å². The molecule has 0 atom stereocenters. The van der Waals surface area contributed by atoms with E-state index in [4.69, 9.17) is 5.11 Å². The molecule has 0 aliphatic carbocycles. The third kappa shape index (κ3) is 2.64. The van der Waals surface area contributed by atoms with E-state index >= 15 is 0 Å². The van der Waals surface area contributed by atoms with Crippen LogP contribution in [0.15, 0.2) is 16.6 Å². The van der Waals surface area contributed by atoms with E-state index in [2.05, 4.69) is 15.9 Å². The second-order valence-corrected chi connectivity index (χ2v) is 5.64.